The molecule has 0 aliphatic heterocycles. The summed E-state index contributed by atoms with van der Waals surface area (Å²) in [5.41, 5.74) is 0. The largest absolute Gasteiger partial charge is 0.412 e. The Morgan fingerprint density at radius 2 is 0.500 bits per heavy atom. The van der Waals surface area contributed by atoms with Gasteiger partial charge in [0.25, 0.3) is 0 Å². The van der Waals surface area contributed by atoms with E-state index in [-0.39, 0.29) is 104 Å². The Morgan fingerprint density at radius 3 is 0.500 bits per heavy atom. The maximum Gasteiger partial charge on any atom is 0.394 e. The Bertz CT molecular complexity index is 93.9. The molecule has 1 radical (unpaired) electrons. The van der Waals surface area contributed by atoms with Gasteiger partial charge in [-0.1, -0.05) is 0 Å². The van der Waals surface area contributed by atoms with Crippen LogP contribution in [-0.4, -0.2) is 72.3 Å². The summed E-state index contributed by atoms with van der Waals surface area (Å²) >= 11 is 0. The molecule has 0 fully saturated rings. The summed E-state index contributed by atoms with van der Waals surface area (Å²) in [6.07, 6.45) is 0. The zero-order valence-corrected chi connectivity index (χ0v) is 10.7. The Balaban J connectivity index is -0.00000000145. The molecule has 0 unspecified atom stereocenters. The van der Waals surface area contributed by atoms with E-state index in [9.17, 15) is 0 Å². The minimum atomic E-state index is -4.67. The Hall–Kier alpha value is 1.05. The van der Waals surface area contributed by atoms with E-state index in [4.69, 9.17) is 17.5 Å². The molecule has 0 heterocycles. The average molecular weight is 430 g/mol. The second-order valence-electron chi connectivity index (χ2n) is 0.448. The fraction of sp³-hybridized carbons (Fsp3) is 0. The van der Waals surface area contributed by atoms with Crippen LogP contribution >= 0.6 is 0 Å². The van der Waals surface area contributed by atoms with Gasteiger partial charge in [0, 0.05) is 49.4 Å². The molecule has 0 saturated heterocycles. The molecule has 22 N–H and O–H groups in total. The average Bonchev–Trinajstić information content (AvgIpc) is 0.722. The van der Waals surface area contributed by atoms with Crippen LogP contribution in [0.25, 0.3) is 0 Å². The van der Waals surface area contributed by atoms with Crippen LogP contribution in [0.3, 0.4) is 0 Å². The molecule has 0 aromatic heterocycles. The third kappa shape index (κ3) is 2670. The molecule has 0 spiro atoms. The molecule has 0 saturated carbocycles. The van der Waals surface area contributed by atoms with E-state index >= 15 is 0 Å². The van der Waals surface area contributed by atoms with Gasteiger partial charge < -0.3 is 54.8 Å². The fourth-order valence-corrected chi connectivity index (χ4v) is 0. The molecule has 16 heavy (non-hydrogen) atoms. The second-order valence-corrected chi connectivity index (χ2v) is 1.34. The van der Waals surface area contributed by atoms with Gasteiger partial charge >= 0.3 is 10.4 Å². The summed E-state index contributed by atoms with van der Waals surface area (Å²) < 4.78 is 31.6. The second kappa shape index (κ2) is 73.1. The van der Waals surface area contributed by atoms with Gasteiger partial charge in [-0.3, -0.25) is 9.11 Å². The van der Waals surface area contributed by atoms with Crippen molar-refractivity contribution in [1.82, 2.24) is 0 Å². The summed E-state index contributed by atoms with van der Waals surface area (Å²) in [6, 6.07) is 0. The minimum Gasteiger partial charge on any atom is -0.412 e. The van der Waals surface area contributed by atoms with E-state index in [0.29, 0.717) is 0 Å². The van der Waals surface area contributed by atoms with E-state index in [2.05, 4.69) is 0 Å². The van der Waals surface area contributed by atoms with Gasteiger partial charge in [-0.15, -0.1) is 0 Å². The van der Waals surface area contributed by atoms with Gasteiger partial charge in [0.05, 0.1) is 0 Å². The fourth-order valence-electron chi connectivity index (χ4n) is 0. The van der Waals surface area contributed by atoms with Crippen molar-refractivity contribution in [3.8, 4) is 0 Å². The molecule has 0 atom stereocenters. The van der Waals surface area contributed by atoms with Crippen molar-refractivity contribution in [3.05, 3.63) is 0 Å². The van der Waals surface area contributed by atoms with Crippen LogP contribution in [0.15, 0.2) is 0 Å². The molecule has 16 heteroatoms. The van der Waals surface area contributed by atoms with Crippen molar-refractivity contribution in [2.24, 2.45) is 0 Å². The van der Waals surface area contributed by atoms with Crippen LogP contribution < -0.4 is 0 Å². The quantitative estimate of drug-likeness (QED) is 0.353. The smallest absolute Gasteiger partial charge is 0.394 e. The first-order chi connectivity index (χ1) is 2.00. The maximum atomic E-state index is 8.74. The predicted molar refractivity (Wildman–Crippen MR) is 50.3 cm³/mol. The van der Waals surface area contributed by atoms with Crippen molar-refractivity contribution >= 4 is 10.4 Å². The Labute approximate surface area is 131 Å². The molecule has 0 aliphatic carbocycles. The molecule has 14 nitrogen and oxygen atoms in total. The molecule has 0 aliphatic rings. The molecular weight excluding hydrogens is 408 g/mol. The van der Waals surface area contributed by atoms with Crippen LogP contribution in [0.1, 0.15) is 0 Å². The number of hydrogen-bond acceptors (Lipinski definition) is 2. The van der Waals surface area contributed by atoms with Gasteiger partial charge in [0.1, 0.15) is 0 Å². The molecule has 0 aromatic rings. The van der Waals surface area contributed by atoms with Gasteiger partial charge in [-0.25, -0.2) is 0 Å². The van der Waals surface area contributed by atoms with E-state index in [0.717, 1.165) is 0 Å². The summed E-state index contributed by atoms with van der Waals surface area (Å²) in [6.45, 7) is 0. The first kappa shape index (κ1) is 172. The molecule has 0 aromatic carbocycles. The standard InChI is InChI=1S/Eu.H2O4S.10H2O/c;1-5(2,3)4;;;;;;;;;;/h;(H2,1,2,3,4);10*1H2. The van der Waals surface area contributed by atoms with Crippen molar-refractivity contribution in [1.29, 1.82) is 0 Å². The Kier molecular flexibility index (Phi) is 786. The van der Waals surface area contributed by atoms with Crippen molar-refractivity contribution < 1.29 is 122 Å². The monoisotopic (exact) mass is 431 g/mol. The summed E-state index contributed by atoms with van der Waals surface area (Å²) in [4.78, 5) is 0. The van der Waals surface area contributed by atoms with Crippen molar-refractivity contribution in [2.75, 3.05) is 0 Å². The van der Waals surface area contributed by atoms with Crippen LogP contribution in [-0.2, 0) is 10.4 Å². The molecule has 119 valence electrons. The van der Waals surface area contributed by atoms with Crippen molar-refractivity contribution in [3.63, 3.8) is 0 Å². The normalized spacial score (nSPS) is 3.62. The SMILES string of the molecule is O.O.O.O.O.O.O.O.O.O.O=S(=O)(O)O.[Eu]. The van der Waals surface area contributed by atoms with Gasteiger partial charge in [-0.05, 0) is 0 Å². The number of rotatable bonds is 0. The van der Waals surface area contributed by atoms with Crippen LogP contribution in [0, 0.1) is 49.4 Å². The summed E-state index contributed by atoms with van der Waals surface area (Å²) in [5.74, 6) is 0. The van der Waals surface area contributed by atoms with Crippen LogP contribution in [0.5, 0.6) is 0 Å². The van der Waals surface area contributed by atoms with E-state index in [1.165, 1.54) is 0 Å². The van der Waals surface area contributed by atoms with Crippen LogP contribution in [0.4, 0.5) is 0 Å². The first-order valence-electron chi connectivity index (χ1n) is 0.698. The van der Waals surface area contributed by atoms with Gasteiger partial charge in [0.15, 0.2) is 0 Å². The molecule has 0 amide bonds. The van der Waals surface area contributed by atoms with Gasteiger partial charge in [0.2, 0.25) is 0 Å². The Morgan fingerprint density at radius 1 is 0.500 bits per heavy atom. The predicted octanol–water partition coefficient (Wildman–Crippen LogP) is -8.90. The van der Waals surface area contributed by atoms with E-state index in [1.807, 2.05) is 0 Å². The third-order valence-corrected chi connectivity index (χ3v) is 0. The molecule has 0 bridgehead atoms. The molecular formula is H22EuO14S. The third-order valence-electron chi connectivity index (χ3n) is 0. The minimum absolute atomic E-state index is 0. The molecule has 0 rings (SSSR count). The summed E-state index contributed by atoms with van der Waals surface area (Å²) in [7, 11) is -4.67. The zero-order valence-electron chi connectivity index (χ0n) is 7.50. The van der Waals surface area contributed by atoms with E-state index < -0.39 is 10.4 Å². The summed E-state index contributed by atoms with van der Waals surface area (Å²) in [5, 5.41) is 0. The first-order valence-corrected chi connectivity index (χ1v) is 2.10. The van der Waals surface area contributed by atoms with Crippen molar-refractivity contribution in [2.45, 2.75) is 0 Å². The van der Waals surface area contributed by atoms with E-state index in [1.54, 1.807) is 0 Å². The topological polar surface area (TPSA) is 390 Å². The van der Waals surface area contributed by atoms with Gasteiger partial charge in [-0.2, -0.15) is 8.42 Å². The maximum absolute atomic E-state index is 8.74. The number of hydrogen-bond donors (Lipinski definition) is 2. The zero-order chi connectivity index (χ0) is 4.50. The van der Waals surface area contributed by atoms with Crippen LogP contribution in [0.2, 0.25) is 0 Å².